The number of hydrogen-bond donors (Lipinski definition) is 2. The lowest BCUT2D eigenvalue weighted by Gasteiger charge is -2.10. The van der Waals surface area contributed by atoms with Gasteiger partial charge in [0.05, 0.1) is 10.5 Å². The lowest BCUT2D eigenvalue weighted by atomic mass is 10.0. The van der Waals surface area contributed by atoms with Crippen LogP contribution in [-0.2, 0) is 6.18 Å². The van der Waals surface area contributed by atoms with Gasteiger partial charge in [0, 0.05) is 24.2 Å². The van der Waals surface area contributed by atoms with Crippen molar-refractivity contribution < 1.29 is 13.2 Å². The minimum absolute atomic E-state index is 0.152. The molecule has 0 spiro atoms. The second kappa shape index (κ2) is 6.02. The van der Waals surface area contributed by atoms with E-state index in [0.717, 1.165) is 9.90 Å². The van der Waals surface area contributed by atoms with Crippen molar-refractivity contribution in [3.8, 4) is 11.1 Å². The maximum atomic E-state index is 13.3. The van der Waals surface area contributed by atoms with Crippen LogP contribution in [-0.4, -0.2) is 21.6 Å². The highest BCUT2D eigenvalue weighted by atomic mass is 35.5. The first kappa shape index (κ1) is 17.4. The molecule has 27 heavy (non-hydrogen) atoms. The van der Waals surface area contributed by atoms with Gasteiger partial charge in [-0.2, -0.15) is 18.3 Å². The number of aromatic amines is 1. The summed E-state index contributed by atoms with van der Waals surface area (Å²) in [7, 11) is 1.59. The lowest BCUT2D eigenvalue weighted by molar-refractivity contribution is -0.141. The summed E-state index contributed by atoms with van der Waals surface area (Å²) < 4.78 is 41.0. The molecule has 0 fully saturated rings. The van der Waals surface area contributed by atoms with E-state index in [1.165, 1.54) is 6.07 Å². The van der Waals surface area contributed by atoms with Crippen molar-refractivity contribution in [2.75, 3.05) is 12.4 Å². The first-order valence-corrected chi connectivity index (χ1v) is 8.27. The van der Waals surface area contributed by atoms with Crippen LogP contribution >= 0.6 is 11.6 Å². The van der Waals surface area contributed by atoms with Gasteiger partial charge >= 0.3 is 6.18 Å². The third-order valence-corrected chi connectivity index (χ3v) is 4.64. The molecule has 5 nitrogen and oxygen atoms in total. The van der Waals surface area contributed by atoms with Crippen LogP contribution in [0.1, 0.15) is 5.69 Å². The van der Waals surface area contributed by atoms with E-state index in [9.17, 15) is 18.0 Å². The number of hydrogen-bond acceptors (Lipinski definition) is 3. The minimum atomic E-state index is -4.67. The van der Waals surface area contributed by atoms with Gasteiger partial charge in [-0.15, -0.1) is 0 Å². The summed E-state index contributed by atoms with van der Waals surface area (Å²) in [6.07, 6.45) is -4.67. The van der Waals surface area contributed by atoms with Gasteiger partial charge in [0.15, 0.2) is 5.69 Å². The highest BCUT2D eigenvalue weighted by molar-refractivity contribution is 6.35. The van der Waals surface area contributed by atoms with Crippen LogP contribution in [0, 0.1) is 0 Å². The molecule has 0 bridgehead atoms. The van der Waals surface area contributed by atoms with Gasteiger partial charge in [-0.25, -0.2) is 4.52 Å². The molecule has 0 unspecified atom stereocenters. The molecule has 9 heteroatoms. The zero-order valence-electron chi connectivity index (χ0n) is 13.9. The summed E-state index contributed by atoms with van der Waals surface area (Å²) in [6.45, 7) is 0. The van der Waals surface area contributed by atoms with Gasteiger partial charge in [0.2, 0.25) is 5.56 Å². The number of alkyl halides is 3. The van der Waals surface area contributed by atoms with E-state index in [1.807, 2.05) is 0 Å². The van der Waals surface area contributed by atoms with Crippen molar-refractivity contribution in [1.29, 1.82) is 0 Å². The molecule has 4 rings (SSSR count). The normalized spacial score (nSPS) is 12.0. The van der Waals surface area contributed by atoms with Gasteiger partial charge < -0.3 is 10.3 Å². The molecule has 2 N–H and O–H groups in total. The molecule has 0 aliphatic rings. The largest absolute Gasteiger partial charge is 0.436 e. The molecular formula is C18H12ClF3N4O. The zero-order chi connectivity index (χ0) is 19.3. The minimum Gasteiger partial charge on any atom is -0.373 e. The van der Waals surface area contributed by atoms with Gasteiger partial charge in [-0.1, -0.05) is 17.7 Å². The molecule has 3 aromatic heterocycles. The summed E-state index contributed by atoms with van der Waals surface area (Å²) in [5, 5.41) is 6.76. The highest BCUT2D eigenvalue weighted by Gasteiger charge is 2.38. The van der Waals surface area contributed by atoms with Crippen LogP contribution in [0.2, 0.25) is 5.02 Å². The molecule has 0 amide bonds. The Balaban J connectivity index is 2.03. The van der Waals surface area contributed by atoms with E-state index in [4.69, 9.17) is 11.6 Å². The summed E-state index contributed by atoms with van der Waals surface area (Å²) in [5.41, 5.74) is 0.556. The fourth-order valence-electron chi connectivity index (χ4n) is 3.04. The topological polar surface area (TPSA) is 62.2 Å². The number of halogens is 4. The second-order valence-electron chi connectivity index (χ2n) is 5.93. The Labute approximate surface area is 155 Å². The quantitative estimate of drug-likeness (QED) is 0.526. The Hall–Kier alpha value is -3.00. The number of anilines is 1. The lowest BCUT2D eigenvalue weighted by Crippen LogP contribution is -2.07. The molecular weight excluding hydrogens is 381 g/mol. The fourth-order valence-corrected chi connectivity index (χ4v) is 3.37. The van der Waals surface area contributed by atoms with Crippen molar-refractivity contribution in [3.63, 3.8) is 0 Å². The monoisotopic (exact) mass is 392 g/mol. The standard InChI is InChI=1S/C18H12ClF3N4O/c1-23-13-6-4-11(16-15(19)17(18(20,21)22)25-26(13)16)9-2-5-12-10(8-9)3-7-14(27)24-12/h2-8,23H,1H3,(H,24,27). The predicted octanol–water partition coefficient (Wildman–Crippen LogP) is 4.56. The van der Waals surface area contributed by atoms with Crippen LogP contribution in [0.15, 0.2) is 47.3 Å². The van der Waals surface area contributed by atoms with Gasteiger partial charge in [0.1, 0.15) is 5.82 Å². The number of fused-ring (bicyclic) bond motifs is 2. The van der Waals surface area contributed by atoms with Crippen LogP contribution in [0.5, 0.6) is 0 Å². The van der Waals surface area contributed by atoms with Crippen LogP contribution in [0.4, 0.5) is 19.0 Å². The number of pyridine rings is 2. The highest BCUT2D eigenvalue weighted by Crippen LogP contribution is 2.40. The third-order valence-electron chi connectivity index (χ3n) is 4.28. The van der Waals surface area contributed by atoms with E-state index < -0.39 is 16.9 Å². The first-order chi connectivity index (χ1) is 12.8. The Morgan fingerprint density at radius 2 is 1.93 bits per heavy atom. The number of nitrogens with one attached hydrogen (secondary N) is 2. The maximum absolute atomic E-state index is 13.3. The molecule has 0 radical (unpaired) electrons. The third kappa shape index (κ3) is 2.82. The van der Waals surface area contributed by atoms with E-state index in [1.54, 1.807) is 43.4 Å². The fraction of sp³-hybridized carbons (Fsp3) is 0.111. The second-order valence-corrected chi connectivity index (χ2v) is 6.31. The molecule has 1 aromatic carbocycles. The first-order valence-electron chi connectivity index (χ1n) is 7.89. The molecule has 3 heterocycles. The van der Waals surface area contributed by atoms with Crippen LogP contribution < -0.4 is 10.9 Å². The van der Waals surface area contributed by atoms with Crippen molar-refractivity contribution in [1.82, 2.24) is 14.6 Å². The summed E-state index contributed by atoms with van der Waals surface area (Å²) in [6, 6.07) is 11.5. The molecule has 0 atom stereocenters. The van der Waals surface area contributed by atoms with E-state index in [2.05, 4.69) is 15.4 Å². The van der Waals surface area contributed by atoms with Crippen molar-refractivity contribution in [3.05, 3.63) is 63.5 Å². The van der Waals surface area contributed by atoms with Gasteiger partial charge in [-0.05, 0) is 41.3 Å². The number of H-pyrrole nitrogens is 1. The van der Waals surface area contributed by atoms with Crippen LogP contribution in [0.25, 0.3) is 27.5 Å². The SMILES string of the molecule is CNc1ccc(-c2ccc3[nH]c(=O)ccc3c2)c2c(Cl)c(C(F)(F)F)nn12. The average molecular weight is 393 g/mol. The maximum Gasteiger partial charge on any atom is 0.436 e. The Morgan fingerprint density at radius 1 is 1.15 bits per heavy atom. The van der Waals surface area contributed by atoms with E-state index >= 15 is 0 Å². The summed E-state index contributed by atoms with van der Waals surface area (Å²) >= 11 is 6.09. The Morgan fingerprint density at radius 3 is 2.63 bits per heavy atom. The number of nitrogens with zero attached hydrogens (tertiary/aromatic N) is 2. The summed E-state index contributed by atoms with van der Waals surface area (Å²) in [4.78, 5) is 14.1. The molecule has 0 aliphatic carbocycles. The van der Waals surface area contributed by atoms with E-state index in [0.29, 0.717) is 22.5 Å². The molecule has 4 aromatic rings. The van der Waals surface area contributed by atoms with Crippen molar-refractivity contribution in [2.45, 2.75) is 6.18 Å². The van der Waals surface area contributed by atoms with Crippen molar-refractivity contribution >= 4 is 33.8 Å². The molecule has 0 saturated heterocycles. The number of aromatic nitrogens is 3. The smallest absolute Gasteiger partial charge is 0.373 e. The zero-order valence-corrected chi connectivity index (χ0v) is 14.6. The molecule has 0 aliphatic heterocycles. The number of benzene rings is 1. The van der Waals surface area contributed by atoms with Crippen molar-refractivity contribution in [2.24, 2.45) is 0 Å². The van der Waals surface area contributed by atoms with E-state index in [-0.39, 0.29) is 11.1 Å². The summed E-state index contributed by atoms with van der Waals surface area (Å²) in [5.74, 6) is 0.372. The van der Waals surface area contributed by atoms with Gasteiger partial charge in [0.25, 0.3) is 0 Å². The average Bonchev–Trinajstić information content (AvgIpc) is 2.99. The number of rotatable bonds is 2. The van der Waals surface area contributed by atoms with Gasteiger partial charge in [-0.3, -0.25) is 4.79 Å². The van der Waals surface area contributed by atoms with Crippen LogP contribution in [0.3, 0.4) is 0 Å². The molecule has 138 valence electrons. The predicted molar refractivity (Wildman–Crippen MR) is 98.3 cm³/mol. The Kier molecular flexibility index (Phi) is 3.88. The Bertz CT molecular complexity index is 1240. The molecule has 0 saturated carbocycles.